The molecule has 3 nitrogen and oxygen atoms in total. The van der Waals surface area contributed by atoms with Crippen LogP contribution in [0.15, 0.2) is 28.5 Å². The summed E-state index contributed by atoms with van der Waals surface area (Å²) in [4.78, 5) is 4.18. The highest BCUT2D eigenvalue weighted by Gasteiger charge is 2.05. The van der Waals surface area contributed by atoms with Gasteiger partial charge in [0.2, 0.25) is 0 Å². The van der Waals surface area contributed by atoms with Crippen molar-refractivity contribution in [2.45, 2.75) is 11.1 Å². The Morgan fingerprint density at radius 1 is 1.50 bits per heavy atom. The average molecular weight is 301 g/mol. The number of ether oxygens (including phenoxy) is 1. The summed E-state index contributed by atoms with van der Waals surface area (Å²) in [6.07, 6.45) is 0. The van der Waals surface area contributed by atoms with E-state index >= 15 is 0 Å². The minimum Gasteiger partial charge on any atom is -0.493 e. The molecule has 0 aliphatic rings. The Bertz CT molecular complexity index is 531. The summed E-state index contributed by atoms with van der Waals surface area (Å²) in [5.74, 6) is 1.65. The molecular formula is C12H13ClN2OS2. The van der Waals surface area contributed by atoms with Crippen LogP contribution in [0.4, 0.5) is 5.13 Å². The Morgan fingerprint density at radius 2 is 2.33 bits per heavy atom. The molecule has 0 amide bonds. The highest BCUT2D eigenvalue weighted by molar-refractivity contribution is 8.01. The first-order chi connectivity index (χ1) is 8.65. The van der Waals surface area contributed by atoms with Gasteiger partial charge in [0.15, 0.2) is 5.13 Å². The number of thiazole rings is 1. The Kier molecular flexibility index (Phi) is 4.74. The van der Waals surface area contributed by atoms with Crippen LogP contribution in [0.2, 0.25) is 5.02 Å². The Balaban J connectivity index is 1.78. The number of benzene rings is 1. The van der Waals surface area contributed by atoms with E-state index in [1.807, 2.05) is 31.2 Å². The van der Waals surface area contributed by atoms with E-state index in [-0.39, 0.29) is 0 Å². The van der Waals surface area contributed by atoms with Crippen LogP contribution in [-0.2, 0) is 0 Å². The molecule has 6 heteroatoms. The van der Waals surface area contributed by atoms with Gasteiger partial charge in [-0.25, -0.2) is 4.98 Å². The lowest BCUT2D eigenvalue weighted by Gasteiger charge is -2.05. The van der Waals surface area contributed by atoms with Gasteiger partial charge in [-0.05, 0) is 25.1 Å². The number of anilines is 1. The first-order valence-corrected chi connectivity index (χ1v) is 7.57. The summed E-state index contributed by atoms with van der Waals surface area (Å²) in [5.41, 5.74) is 6.63. The maximum Gasteiger partial charge on any atom is 0.181 e. The summed E-state index contributed by atoms with van der Waals surface area (Å²) in [6, 6.07) is 7.40. The van der Waals surface area contributed by atoms with Gasteiger partial charge in [-0.2, -0.15) is 0 Å². The number of hydrogen-bond donors (Lipinski definition) is 1. The SMILES string of the molecule is Cc1nc(N)sc1SCCOc1cccc(Cl)c1. The topological polar surface area (TPSA) is 48.1 Å². The zero-order valence-electron chi connectivity index (χ0n) is 9.85. The number of nitrogens with two attached hydrogens (primary N) is 1. The number of nitrogens with zero attached hydrogens (tertiary/aromatic N) is 1. The maximum absolute atomic E-state index is 5.87. The monoisotopic (exact) mass is 300 g/mol. The first kappa shape index (κ1) is 13.5. The van der Waals surface area contributed by atoms with Crippen molar-refractivity contribution < 1.29 is 4.74 Å². The predicted molar refractivity (Wildman–Crippen MR) is 78.9 cm³/mol. The van der Waals surface area contributed by atoms with Crippen LogP contribution >= 0.6 is 34.7 Å². The molecule has 0 radical (unpaired) electrons. The second kappa shape index (κ2) is 6.31. The van der Waals surface area contributed by atoms with Gasteiger partial charge < -0.3 is 10.5 Å². The maximum atomic E-state index is 5.87. The van der Waals surface area contributed by atoms with E-state index in [1.165, 1.54) is 11.3 Å². The third-order valence-corrected chi connectivity index (χ3v) is 4.70. The smallest absolute Gasteiger partial charge is 0.181 e. The average Bonchev–Trinajstić information content (AvgIpc) is 2.64. The molecule has 0 aliphatic carbocycles. The largest absolute Gasteiger partial charge is 0.493 e. The molecule has 18 heavy (non-hydrogen) atoms. The second-order valence-electron chi connectivity index (χ2n) is 3.58. The zero-order chi connectivity index (χ0) is 13.0. The van der Waals surface area contributed by atoms with E-state index in [1.54, 1.807) is 11.8 Å². The first-order valence-electron chi connectivity index (χ1n) is 5.39. The second-order valence-corrected chi connectivity index (χ2v) is 6.41. The molecule has 1 aromatic carbocycles. The Labute approximate surface area is 119 Å². The van der Waals surface area contributed by atoms with Gasteiger partial charge in [0.1, 0.15) is 5.75 Å². The summed E-state index contributed by atoms with van der Waals surface area (Å²) < 4.78 is 6.76. The lowest BCUT2D eigenvalue weighted by Crippen LogP contribution is -1.99. The molecular weight excluding hydrogens is 288 g/mol. The van der Waals surface area contributed by atoms with Gasteiger partial charge in [-0.1, -0.05) is 29.0 Å². The molecule has 0 bridgehead atoms. The molecule has 0 fully saturated rings. The van der Waals surface area contributed by atoms with Crippen LogP contribution in [0.25, 0.3) is 0 Å². The number of thioether (sulfide) groups is 1. The van der Waals surface area contributed by atoms with Gasteiger partial charge in [0, 0.05) is 10.8 Å². The number of halogens is 1. The summed E-state index contributed by atoms with van der Waals surface area (Å²) in [7, 11) is 0. The lowest BCUT2D eigenvalue weighted by molar-refractivity contribution is 0.344. The number of aryl methyl sites for hydroxylation is 1. The molecule has 2 aromatic rings. The van der Waals surface area contributed by atoms with E-state index in [0.717, 1.165) is 21.4 Å². The van der Waals surface area contributed by atoms with Crippen LogP contribution in [-0.4, -0.2) is 17.3 Å². The van der Waals surface area contributed by atoms with E-state index < -0.39 is 0 Å². The fourth-order valence-electron chi connectivity index (χ4n) is 1.39. The van der Waals surface area contributed by atoms with Crippen molar-refractivity contribution in [1.82, 2.24) is 4.98 Å². The zero-order valence-corrected chi connectivity index (χ0v) is 12.2. The quantitative estimate of drug-likeness (QED) is 0.673. The molecule has 0 atom stereocenters. The van der Waals surface area contributed by atoms with E-state index in [2.05, 4.69) is 4.98 Å². The number of hydrogen-bond acceptors (Lipinski definition) is 5. The van der Waals surface area contributed by atoms with Gasteiger partial charge >= 0.3 is 0 Å². The van der Waals surface area contributed by atoms with Gasteiger partial charge in [0.05, 0.1) is 16.5 Å². The summed E-state index contributed by atoms with van der Waals surface area (Å²) in [6.45, 7) is 2.59. The van der Waals surface area contributed by atoms with Crippen molar-refractivity contribution in [1.29, 1.82) is 0 Å². The molecule has 0 saturated carbocycles. The number of nitrogen functional groups attached to an aromatic ring is 1. The van der Waals surface area contributed by atoms with Crippen LogP contribution in [0.3, 0.4) is 0 Å². The summed E-state index contributed by atoms with van der Waals surface area (Å²) in [5, 5.41) is 1.30. The summed E-state index contributed by atoms with van der Waals surface area (Å²) >= 11 is 9.10. The normalized spacial score (nSPS) is 10.6. The highest BCUT2D eigenvalue weighted by Crippen LogP contribution is 2.30. The molecule has 0 unspecified atom stereocenters. The van der Waals surface area contributed by atoms with Crippen molar-refractivity contribution in [3.63, 3.8) is 0 Å². The van der Waals surface area contributed by atoms with Crippen molar-refractivity contribution in [3.8, 4) is 5.75 Å². The predicted octanol–water partition coefficient (Wildman–Crippen LogP) is 3.86. The standard InChI is InChI=1S/C12H13ClN2OS2/c1-8-11(18-12(14)15-8)17-6-5-16-10-4-2-3-9(13)7-10/h2-4,7H,5-6H2,1H3,(H2,14,15). The Morgan fingerprint density at radius 3 is 3.00 bits per heavy atom. The van der Waals surface area contributed by atoms with Gasteiger partial charge in [-0.3, -0.25) is 0 Å². The van der Waals surface area contributed by atoms with Gasteiger partial charge in [-0.15, -0.1) is 11.8 Å². The molecule has 2 rings (SSSR count). The molecule has 1 heterocycles. The fourth-order valence-corrected chi connectivity index (χ4v) is 3.48. The third kappa shape index (κ3) is 3.80. The molecule has 0 spiro atoms. The van der Waals surface area contributed by atoms with Gasteiger partial charge in [0.25, 0.3) is 0 Å². The Hall–Kier alpha value is -0.910. The molecule has 2 N–H and O–H groups in total. The third-order valence-electron chi connectivity index (χ3n) is 2.15. The minimum atomic E-state index is 0.616. The van der Waals surface area contributed by atoms with E-state index in [4.69, 9.17) is 22.1 Å². The molecule has 1 aromatic heterocycles. The highest BCUT2D eigenvalue weighted by atomic mass is 35.5. The molecule has 0 aliphatic heterocycles. The molecule has 96 valence electrons. The fraction of sp³-hybridized carbons (Fsp3) is 0.250. The van der Waals surface area contributed by atoms with Crippen molar-refractivity contribution in [2.75, 3.05) is 18.1 Å². The number of aromatic nitrogens is 1. The van der Waals surface area contributed by atoms with Crippen molar-refractivity contribution >= 4 is 39.8 Å². The van der Waals surface area contributed by atoms with Crippen molar-refractivity contribution in [3.05, 3.63) is 35.0 Å². The van der Waals surface area contributed by atoms with Crippen LogP contribution in [0, 0.1) is 6.92 Å². The minimum absolute atomic E-state index is 0.616. The molecule has 0 saturated heterocycles. The van der Waals surface area contributed by atoms with Crippen LogP contribution in [0.5, 0.6) is 5.75 Å². The van der Waals surface area contributed by atoms with E-state index in [0.29, 0.717) is 16.8 Å². The van der Waals surface area contributed by atoms with E-state index in [9.17, 15) is 0 Å². The lowest BCUT2D eigenvalue weighted by atomic mass is 10.3. The van der Waals surface area contributed by atoms with Crippen LogP contribution < -0.4 is 10.5 Å². The van der Waals surface area contributed by atoms with Crippen molar-refractivity contribution in [2.24, 2.45) is 0 Å². The number of rotatable bonds is 5. The van der Waals surface area contributed by atoms with Crippen LogP contribution in [0.1, 0.15) is 5.69 Å².